The predicted molar refractivity (Wildman–Crippen MR) is 60.2 cm³/mol. The smallest absolute Gasteiger partial charge is 0.0232 e. The second-order valence-electron chi connectivity index (χ2n) is 5.82. The molecule has 2 heteroatoms. The zero-order valence-electron chi connectivity index (χ0n) is 9.63. The number of nitrogens with zero attached hydrogens (tertiary/aromatic N) is 1. The molecule has 1 atom stereocenters. The molecular weight excluding hydrogens is 172 g/mol. The number of hydrogen-bond acceptors (Lipinski definition) is 2. The fourth-order valence-electron chi connectivity index (χ4n) is 2.93. The van der Waals surface area contributed by atoms with E-state index in [1.807, 2.05) is 0 Å². The van der Waals surface area contributed by atoms with Gasteiger partial charge in [0.05, 0.1) is 0 Å². The van der Waals surface area contributed by atoms with Gasteiger partial charge in [-0.25, -0.2) is 0 Å². The summed E-state index contributed by atoms with van der Waals surface area (Å²) in [4.78, 5) is 2.64. The van der Waals surface area contributed by atoms with E-state index >= 15 is 0 Å². The van der Waals surface area contributed by atoms with Gasteiger partial charge in [0.2, 0.25) is 0 Å². The molecular formula is C12H24N2. The standard InChI is InChI=1S/C12H24N2/c1-12(2)9-14(8-11(12)13)10-6-4-3-5-7-10/h10-11H,3-9,13H2,1-2H3. The molecule has 1 aliphatic carbocycles. The summed E-state index contributed by atoms with van der Waals surface area (Å²) in [6, 6.07) is 1.22. The Kier molecular flexibility index (Phi) is 2.85. The van der Waals surface area contributed by atoms with Crippen LogP contribution in [-0.4, -0.2) is 30.1 Å². The van der Waals surface area contributed by atoms with E-state index in [-0.39, 0.29) is 0 Å². The molecule has 2 rings (SSSR count). The Morgan fingerprint density at radius 1 is 1.14 bits per heavy atom. The van der Waals surface area contributed by atoms with Crippen LogP contribution in [0.5, 0.6) is 0 Å². The van der Waals surface area contributed by atoms with Crippen LogP contribution in [0.3, 0.4) is 0 Å². The normalized spacial score (nSPS) is 34.9. The maximum absolute atomic E-state index is 6.17. The largest absolute Gasteiger partial charge is 0.326 e. The van der Waals surface area contributed by atoms with Gasteiger partial charge in [-0.1, -0.05) is 33.1 Å². The van der Waals surface area contributed by atoms with E-state index in [1.165, 1.54) is 38.6 Å². The highest BCUT2D eigenvalue weighted by Crippen LogP contribution is 2.33. The molecule has 2 nitrogen and oxygen atoms in total. The molecule has 1 aliphatic heterocycles. The van der Waals surface area contributed by atoms with Crippen LogP contribution < -0.4 is 5.73 Å². The predicted octanol–water partition coefficient (Wildman–Crippen LogP) is 1.99. The molecule has 0 spiro atoms. The Hall–Kier alpha value is -0.0800. The minimum atomic E-state index is 0.331. The van der Waals surface area contributed by atoms with Gasteiger partial charge in [-0.15, -0.1) is 0 Å². The third kappa shape index (κ3) is 1.96. The zero-order valence-corrected chi connectivity index (χ0v) is 9.63. The topological polar surface area (TPSA) is 29.3 Å². The molecule has 2 fully saturated rings. The summed E-state index contributed by atoms with van der Waals surface area (Å²) in [7, 11) is 0. The maximum atomic E-state index is 6.17. The fraction of sp³-hybridized carbons (Fsp3) is 1.00. The minimum Gasteiger partial charge on any atom is -0.326 e. The summed E-state index contributed by atoms with van der Waals surface area (Å²) in [6.45, 7) is 6.94. The molecule has 2 N–H and O–H groups in total. The molecule has 2 aliphatic rings. The minimum absolute atomic E-state index is 0.331. The van der Waals surface area contributed by atoms with Crippen molar-refractivity contribution in [3.63, 3.8) is 0 Å². The lowest BCUT2D eigenvalue weighted by Gasteiger charge is -2.31. The van der Waals surface area contributed by atoms with Crippen molar-refractivity contribution in [1.29, 1.82) is 0 Å². The van der Waals surface area contributed by atoms with E-state index in [1.54, 1.807) is 0 Å². The van der Waals surface area contributed by atoms with E-state index in [0.717, 1.165) is 12.6 Å². The molecule has 1 unspecified atom stereocenters. The average Bonchev–Trinajstić information content (AvgIpc) is 2.43. The second-order valence-corrected chi connectivity index (χ2v) is 5.82. The van der Waals surface area contributed by atoms with Gasteiger partial charge in [0.25, 0.3) is 0 Å². The summed E-state index contributed by atoms with van der Waals surface area (Å²) in [5.74, 6) is 0. The third-order valence-electron chi connectivity index (χ3n) is 4.14. The lowest BCUT2D eigenvalue weighted by molar-refractivity contribution is 0.174. The van der Waals surface area contributed by atoms with Gasteiger partial charge in [-0.2, -0.15) is 0 Å². The van der Waals surface area contributed by atoms with Crippen LogP contribution in [0, 0.1) is 5.41 Å². The molecule has 82 valence electrons. The first kappa shape index (κ1) is 10.4. The summed E-state index contributed by atoms with van der Waals surface area (Å²) in [6.07, 6.45) is 7.11. The van der Waals surface area contributed by atoms with Crippen molar-refractivity contribution in [2.45, 2.75) is 58.0 Å². The van der Waals surface area contributed by atoms with Crippen LogP contribution in [-0.2, 0) is 0 Å². The lowest BCUT2D eigenvalue weighted by atomic mass is 9.88. The number of nitrogens with two attached hydrogens (primary N) is 1. The van der Waals surface area contributed by atoms with Crippen molar-refractivity contribution in [1.82, 2.24) is 4.90 Å². The van der Waals surface area contributed by atoms with Crippen LogP contribution in [0.4, 0.5) is 0 Å². The summed E-state index contributed by atoms with van der Waals surface area (Å²) < 4.78 is 0. The van der Waals surface area contributed by atoms with Crippen LogP contribution >= 0.6 is 0 Å². The first-order chi connectivity index (χ1) is 6.59. The van der Waals surface area contributed by atoms with Crippen LogP contribution in [0.15, 0.2) is 0 Å². The van der Waals surface area contributed by atoms with Gasteiger partial charge in [0.15, 0.2) is 0 Å². The highest BCUT2D eigenvalue weighted by Gasteiger charge is 2.39. The third-order valence-corrected chi connectivity index (χ3v) is 4.14. The van der Waals surface area contributed by atoms with E-state index in [9.17, 15) is 0 Å². The van der Waals surface area contributed by atoms with E-state index in [4.69, 9.17) is 5.73 Å². The van der Waals surface area contributed by atoms with Crippen LogP contribution in [0.1, 0.15) is 46.0 Å². The van der Waals surface area contributed by atoms with Gasteiger partial charge >= 0.3 is 0 Å². The van der Waals surface area contributed by atoms with Crippen LogP contribution in [0.2, 0.25) is 0 Å². The number of likely N-dealkylation sites (tertiary alicyclic amines) is 1. The lowest BCUT2D eigenvalue weighted by Crippen LogP contribution is -2.36. The number of rotatable bonds is 1. The van der Waals surface area contributed by atoms with Crippen molar-refractivity contribution in [2.75, 3.05) is 13.1 Å². The monoisotopic (exact) mass is 196 g/mol. The average molecular weight is 196 g/mol. The number of hydrogen-bond donors (Lipinski definition) is 1. The Morgan fingerprint density at radius 3 is 2.29 bits per heavy atom. The molecule has 0 radical (unpaired) electrons. The van der Waals surface area contributed by atoms with E-state index < -0.39 is 0 Å². The molecule has 0 bridgehead atoms. The summed E-state index contributed by atoms with van der Waals surface area (Å²) in [5, 5.41) is 0. The molecule has 0 amide bonds. The second kappa shape index (κ2) is 3.82. The van der Waals surface area contributed by atoms with Crippen molar-refractivity contribution in [3.05, 3.63) is 0 Å². The Labute approximate surface area is 87.8 Å². The van der Waals surface area contributed by atoms with Crippen molar-refractivity contribution in [3.8, 4) is 0 Å². The van der Waals surface area contributed by atoms with Gasteiger partial charge in [0, 0.05) is 25.2 Å². The molecule has 1 saturated heterocycles. The Balaban J connectivity index is 1.93. The van der Waals surface area contributed by atoms with E-state index in [0.29, 0.717) is 11.5 Å². The quantitative estimate of drug-likeness (QED) is 0.695. The summed E-state index contributed by atoms with van der Waals surface area (Å²) in [5.41, 5.74) is 6.50. The van der Waals surface area contributed by atoms with Gasteiger partial charge in [0.1, 0.15) is 0 Å². The zero-order chi connectivity index (χ0) is 10.2. The van der Waals surface area contributed by atoms with Crippen molar-refractivity contribution >= 4 is 0 Å². The van der Waals surface area contributed by atoms with E-state index in [2.05, 4.69) is 18.7 Å². The molecule has 1 saturated carbocycles. The van der Waals surface area contributed by atoms with Crippen molar-refractivity contribution < 1.29 is 0 Å². The molecule has 0 aromatic heterocycles. The molecule has 0 aromatic carbocycles. The SMILES string of the molecule is CC1(C)CN(C2CCCCC2)CC1N. The van der Waals surface area contributed by atoms with Gasteiger partial charge in [-0.3, -0.25) is 4.90 Å². The molecule has 1 heterocycles. The van der Waals surface area contributed by atoms with Gasteiger partial charge in [-0.05, 0) is 18.3 Å². The van der Waals surface area contributed by atoms with Gasteiger partial charge < -0.3 is 5.73 Å². The first-order valence-corrected chi connectivity index (χ1v) is 6.09. The Bertz CT molecular complexity index is 194. The molecule has 0 aromatic rings. The Morgan fingerprint density at radius 2 is 1.79 bits per heavy atom. The maximum Gasteiger partial charge on any atom is 0.0232 e. The van der Waals surface area contributed by atoms with Crippen molar-refractivity contribution in [2.24, 2.45) is 11.1 Å². The summed E-state index contributed by atoms with van der Waals surface area (Å²) >= 11 is 0. The first-order valence-electron chi connectivity index (χ1n) is 6.09. The molecule has 14 heavy (non-hydrogen) atoms. The fourth-order valence-corrected chi connectivity index (χ4v) is 2.93. The highest BCUT2D eigenvalue weighted by atomic mass is 15.2. The highest BCUT2D eigenvalue weighted by molar-refractivity contribution is 4.96. The van der Waals surface area contributed by atoms with Crippen LogP contribution in [0.25, 0.3) is 0 Å².